The Morgan fingerprint density at radius 3 is 2.33 bits per heavy atom. The van der Waals surface area contributed by atoms with Crippen molar-refractivity contribution in [3.63, 3.8) is 0 Å². The Balaban J connectivity index is 2.07. The van der Waals surface area contributed by atoms with Crippen LogP contribution in [0.3, 0.4) is 0 Å². The van der Waals surface area contributed by atoms with Gasteiger partial charge in [-0.05, 0) is 17.7 Å². The van der Waals surface area contributed by atoms with Crippen molar-refractivity contribution in [2.24, 2.45) is 0 Å². The normalized spacial score (nSPS) is 22.0. The molecule has 0 bridgehead atoms. The molecule has 1 aliphatic heterocycles. The summed E-state index contributed by atoms with van der Waals surface area (Å²) in [5.74, 6) is -1.39. The molecule has 118 valence electrons. The number of aliphatic hydroxyl groups is 2. The maximum absolute atomic E-state index is 14.1. The van der Waals surface area contributed by atoms with Crippen LogP contribution < -0.4 is 10.2 Å². The van der Waals surface area contributed by atoms with Crippen molar-refractivity contribution >= 4 is 5.69 Å². The molecule has 0 saturated carbocycles. The van der Waals surface area contributed by atoms with Crippen LogP contribution in [-0.2, 0) is 11.3 Å². The van der Waals surface area contributed by atoms with E-state index in [1.165, 1.54) is 17.0 Å². The number of anilines is 1. The molecule has 1 fully saturated rings. The summed E-state index contributed by atoms with van der Waals surface area (Å²) in [6, 6.07) is 2.52. The molecule has 1 aromatic rings. The molecule has 0 radical (unpaired) electrons. The molecule has 5 nitrogen and oxygen atoms in total. The van der Waals surface area contributed by atoms with Crippen LogP contribution in [0, 0.1) is 11.6 Å². The molecule has 2 atom stereocenters. The number of β-amino-alcohol motifs (C(OH)–C–C–N with tert-alkyl or cyclic N) is 2. The molecule has 0 aromatic heterocycles. The van der Waals surface area contributed by atoms with E-state index in [-0.39, 0.29) is 18.8 Å². The molecular weight excluding hydrogens is 282 g/mol. The van der Waals surface area contributed by atoms with Gasteiger partial charge in [0.1, 0.15) is 17.3 Å². The van der Waals surface area contributed by atoms with E-state index in [9.17, 15) is 19.0 Å². The summed E-state index contributed by atoms with van der Waals surface area (Å²) in [5, 5.41) is 22.0. The smallest absolute Gasteiger partial charge is 0.149 e. The van der Waals surface area contributed by atoms with Crippen molar-refractivity contribution in [3.05, 3.63) is 29.3 Å². The van der Waals surface area contributed by atoms with Crippen LogP contribution in [-0.4, -0.2) is 55.8 Å². The Morgan fingerprint density at radius 1 is 1.24 bits per heavy atom. The van der Waals surface area contributed by atoms with E-state index in [4.69, 9.17) is 4.74 Å². The standard InChI is InChI=1S/C14H20F2N2O3/c1-21-3-2-17-6-9-4-10(15)14(11(16)5-9)18-7-12(19)13(20)8-18/h4-5,12-13,17,19-20H,2-3,6-8H2,1H3. The van der Waals surface area contributed by atoms with E-state index >= 15 is 0 Å². The Bertz CT molecular complexity index is 454. The fourth-order valence-electron chi connectivity index (χ4n) is 2.38. The number of methoxy groups -OCH3 is 1. The predicted molar refractivity (Wildman–Crippen MR) is 74.2 cm³/mol. The number of aliphatic hydroxyl groups excluding tert-OH is 2. The van der Waals surface area contributed by atoms with Crippen LogP contribution in [0.1, 0.15) is 5.56 Å². The van der Waals surface area contributed by atoms with E-state index in [0.717, 1.165) is 0 Å². The van der Waals surface area contributed by atoms with Gasteiger partial charge in [-0.25, -0.2) is 8.78 Å². The number of hydrogen-bond acceptors (Lipinski definition) is 5. The van der Waals surface area contributed by atoms with Gasteiger partial charge >= 0.3 is 0 Å². The molecule has 0 spiro atoms. The van der Waals surface area contributed by atoms with Crippen molar-refractivity contribution in [2.75, 3.05) is 38.3 Å². The molecule has 0 aliphatic carbocycles. The number of nitrogens with zero attached hydrogens (tertiary/aromatic N) is 1. The largest absolute Gasteiger partial charge is 0.389 e. The van der Waals surface area contributed by atoms with Gasteiger partial charge < -0.3 is 25.2 Å². The highest BCUT2D eigenvalue weighted by molar-refractivity contribution is 5.52. The van der Waals surface area contributed by atoms with Gasteiger partial charge in [0.25, 0.3) is 0 Å². The molecule has 1 aliphatic rings. The SMILES string of the molecule is COCCNCc1cc(F)c(N2CC(O)C(O)C2)c(F)c1. The Kier molecular flexibility index (Phi) is 5.46. The molecule has 0 amide bonds. The number of hydrogen-bond donors (Lipinski definition) is 3. The van der Waals surface area contributed by atoms with E-state index < -0.39 is 23.8 Å². The maximum Gasteiger partial charge on any atom is 0.149 e. The summed E-state index contributed by atoms with van der Waals surface area (Å²) in [6.07, 6.45) is -1.97. The summed E-state index contributed by atoms with van der Waals surface area (Å²) >= 11 is 0. The van der Waals surface area contributed by atoms with E-state index in [2.05, 4.69) is 5.32 Å². The third-order valence-corrected chi connectivity index (χ3v) is 3.46. The number of benzene rings is 1. The van der Waals surface area contributed by atoms with Crippen LogP contribution in [0.5, 0.6) is 0 Å². The van der Waals surface area contributed by atoms with Gasteiger partial charge in [0.2, 0.25) is 0 Å². The van der Waals surface area contributed by atoms with Gasteiger partial charge in [-0.15, -0.1) is 0 Å². The molecule has 7 heteroatoms. The van der Waals surface area contributed by atoms with Crippen LogP contribution in [0.4, 0.5) is 14.5 Å². The van der Waals surface area contributed by atoms with Gasteiger partial charge in [-0.2, -0.15) is 0 Å². The second-order valence-electron chi connectivity index (χ2n) is 5.12. The van der Waals surface area contributed by atoms with E-state index in [0.29, 0.717) is 25.3 Å². The minimum Gasteiger partial charge on any atom is -0.389 e. The maximum atomic E-state index is 14.1. The van der Waals surface area contributed by atoms with Crippen molar-refractivity contribution in [3.8, 4) is 0 Å². The van der Waals surface area contributed by atoms with Crippen LogP contribution in [0.15, 0.2) is 12.1 Å². The zero-order chi connectivity index (χ0) is 15.4. The number of nitrogens with one attached hydrogen (secondary N) is 1. The average Bonchev–Trinajstić information content (AvgIpc) is 2.73. The second kappa shape index (κ2) is 7.13. The van der Waals surface area contributed by atoms with Crippen molar-refractivity contribution < 1.29 is 23.7 Å². The Morgan fingerprint density at radius 2 is 1.81 bits per heavy atom. The first-order valence-corrected chi connectivity index (χ1v) is 6.81. The fourth-order valence-corrected chi connectivity index (χ4v) is 2.38. The molecule has 2 unspecified atom stereocenters. The first-order valence-electron chi connectivity index (χ1n) is 6.81. The lowest BCUT2D eigenvalue weighted by atomic mass is 10.1. The van der Waals surface area contributed by atoms with Gasteiger partial charge in [0.15, 0.2) is 0 Å². The monoisotopic (exact) mass is 302 g/mol. The highest BCUT2D eigenvalue weighted by Gasteiger charge is 2.32. The minimum absolute atomic E-state index is 0.0143. The lowest BCUT2D eigenvalue weighted by Gasteiger charge is -2.20. The Labute approximate surface area is 122 Å². The topological polar surface area (TPSA) is 65.0 Å². The summed E-state index contributed by atoms with van der Waals surface area (Å²) < 4.78 is 33.1. The molecule has 1 saturated heterocycles. The molecule has 3 N–H and O–H groups in total. The number of rotatable bonds is 6. The average molecular weight is 302 g/mol. The van der Waals surface area contributed by atoms with Gasteiger partial charge in [-0.3, -0.25) is 0 Å². The summed E-state index contributed by atoms with van der Waals surface area (Å²) in [4.78, 5) is 1.32. The Hall–Kier alpha value is -1.28. The summed E-state index contributed by atoms with van der Waals surface area (Å²) in [5.41, 5.74) is 0.288. The highest BCUT2D eigenvalue weighted by atomic mass is 19.1. The zero-order valence-corrected chi connectivity index (χ0v) is 11.9. The minimum atomic E-state index is -0.987. The highest BCUT2D eigenvalue weighted by Crippen LogP contribution is 2.28. The molecular formula is C14H20F2N2O3. The van der Waals surface area contributed by atoms with Crippen molar-refractivity contribution in [2.45, 2.75) is 18.8 Å². The van der Waals surface area contributed by atoms with Crippen LogP contribution >= 0.6 is 0 Å². The first kappa shape index (κ1) is 16.1. The zero-order valence-electron chi connectivity index (χ0n) is 11.9. The molecule has 1 heterocycles. The van der Waals surface area contributed by atoms with Crippen LogP contribution in [0.2, 0.25) is 0 Å². The second-order valence-corrected chi connectivity index (χ2v) is 5.12. The lowest BCUT2D eigenvalue weighted by Crippen LogP contribution is -2.24. The molecule has 1 aromatic carbocycles. The van der Waals surface area contributed by atoms with E-state index in [1.807, 2.05) is 0 Å². The van der Waals surface area contributed by atoms with Gasteiger partial charge in [0.05, 0.1) is 18.8 Å². The number of halogens is 2. The predicted octanol–water partition coefficient (Wildman–Crippen LogP) is 0.243. The van der Waals surface area contributed by atoms with Gasteiger partial charge in [-0.1, -0.05) is 0 Å². The summed E-state index contributed by atoms with van der Waals surface area (Å²) in [6.45, 7) is 1.47. The molecule has 21 heavy (non-hydrogen) atoms. The lowest BCUT2D eigenvalue weighted by molar-refractivity contribution is 0.0572. The van der Waals surface area contributed by atoms with Crippen molar-refractivity contribution in [1.29, 1.82) is 0 Å². The van der Waals surface area contributed by atoms with Gasteiger partial charge in [0, 0.05) is 33.3 Å². The number of ether oxygens (including phenoxy) is 1. The third kappa shape index (κ3) is 3.88. The van der Waals surface area contributed by atoms with Crippen molar-refractivity contribution in [1.82, 2.24) is 5.32 Å². The van der Waals surface area contributed by atoms with Crippen LogP contribution in [0.25, 0.3) is 0 Å². The van der Waals surface area contributed by atoms with E-state index in [1.54, 1.807) is 7.11 Å². The first-order chi connectivity index (χ1) is 10.0. The fraction of sp³-hybridized carbons (Fsp3) is 0.571. The summed E-state index contributed by atoms with van der Waals surface area (Å²) in [7, 11) is 1.58. The quantitative estimate of drug-likeness (QED) is 0.657. The molecule has 2 rings (SSSR count). The third-order valence-electron chi connectivity index (χ3n) is 3.46.